The van der Waals surface area contributed by atoms with Crippen molar-refractivity contribution in [2.75, 3.05) is 47.1 Å². The first-order chi connectivity index (χ1) is 20.4. The predicted octanol–water partition coefficient (Wildman–Crippen LogP) is 5.52. The molecule has 230 valence electrons. The van der Waals surface area contributed by atoms with Gasteiger partial charge in [-0.05, 0) is 62.1 Å². The van der Waals surface area contributed by atoms with E-state index in [0.29, 0.717) is 43.9 Å². The number of hydrogen-bond acceptors (Lipinski definition) is 6. The predicted molar refractivity (Wildman–Crippen MR) is 165 cm³/mol. The first-order valence-electron chi connectivity index (χ1n) is 16.0. The number of phenols is 1. The zero-order chi connectivity index (χ0) is 29.5. The van der Waals surface area contributed by atoms with Gasteiger partial charge in [0.1, 0.15) is 5.75 Å². The van der Waals surface area contributed by atoms with Gasteiger partial charge in [-0.15, -0.1) is 0 Å². The van der Waals surface area contributed by atoms with Gasteiger partial charge in [-0.25, -0.2) is 0 Å². The number of rotatable bonds is 15. The summed E-state index contributed by atoms with van der Waals surface area (Å²) in [7, 11) is 3.23. The molecule has 1 saturated heterocycles. The summed E-state index contributed by atoms with van der Waals surface area (Å²) in [4.78, 5) is 17.8. The van der Waals surface area contributed by atoms with Crippen LogP contribution in [0.4, 0.5) is 0 Å². The van der Waals surface area contributed by atoms with E-state index in [1.807, 2.05) is 17.0 Å². The molecule has 2 aliphatic carbocycles. The highest BCUT2D eigenvalue weighted by Gasteiger charge is 2.50. The van der Waals surface area contributed by atoms with Crippen LogP contribution in [0.15, 0.2) is 48.5 Å². The smallest absolute Gasteiger partial charge is 0.225 e. The van der Waals surface area contributed by atoms with Crippen LogP contribution < -0.4 is 0 Å². The summed E-state index contributed by atoms with van der Waals surface area (Å²) in [5.74, 6) is 0.985. The van der Waals surface area contributed by atoms with Crippen LogP contribution in [-0.4, -0.2) is 86.3 Å². The lowest BCUT2D eigenvalue weighted by Crippen LogP contribution is -2.64. The van der Waals surface area contributed by atoms with E-state index in [0.717, 1.165) is 30.6 Å². The summed E-state index contributed by atoms with van der Waals surface area (Å²) in [5.41, 5.74) is 3.24. The van der Waals surface area contributed by atoms with Crippen LogP contribution in [0, 0.1) is 5.92 Å². The first kappa shape index (κ1) is 31.0. The quantitative estimate of drug-likeness (QED) is 0.222. The van der Waals surface area contributed by atoms with Gasteiger partial charge in [0, 0.05) is 50.4 Å². The maximum atomic E-state index is 13.3. The number of aromatic hydroxyl groups is 1. The summed E-state index contributed by atoms with van der Waals surface area (Å²) in [6.45, 7) is 5.39. The Kier molecular flexibility index (Phi) is 10.6. The normalized spacial score (nSPS) is 19.9. The van der Waals surface area contributed by atoms with E-state index in [9.17, 15) is 9.90 Å². The molecule has 1 N–H and O–H groups in total. The number of amides is 1. The largest absolute Gasteiger partial charge is 0.508 e. The van der Waals surface area contributed by atoms with Gasteiger partial charge in [0.15, 0.2) is 6.29 Å². The van der Waals surface area contributed by atoms with Crippen LogP contribution in [0.25, 0.3) is 0 Å². The number of benzene rings is 2. The van der Waals surface area contributed by atoms with Crippen LogP contribution in [0.5, 0.6) is 5.75 Å². The van der Waals surface area contributed by atoms with Gasteiger partial charge in [0.2, 0.25) is 5.91 Å². The molecule has 1 heterocycles. The number of likely N-dealkylation sites (tertiary alicyclic amines) is 1. The molecule has 3 aliphatic rings. The molecule has 2 aromatic carbocycles. The van der Waals surface area contributed by atoms with Crippen LogP contribution in [0.3, 0.4) is 0 Å². The second kappa shape index (κ2) is 14.3. The number of methoxy groups -OCH3 is 2. The second-order valence-electron chi connectivity index (χ2n) is 12.6. The minimum atomic E-state index is -0.432. The summed E-state index contributed by atoms with van der Waals surface area (Å²) in [6, 6.07) is 17.5. The van der Waals surface area contributed by atoms with Crippen LogP contribution in [-0.2, 0) is 30.8 Å². The lowest BCUT2D eigenvalue weighted by atomic mass is 9.66. The first-order valence-corrected chi connectivity index (χ1v) is 16.0. The van der Waals surface area contributed by atoms with E-state index >= 15 is 0 Å². The highest BCUT2D eigenvalue weighted by atomic mass is 16.7. The van der Waals surface area contributed by atoms with Crippen molar-refractivity contribution in [3.8, 4) is 5.75 Å². The molecular formula is C35H50N2O5. The third-order valence-corrected chi connectivity index (χ3v) is 10.2. The number of phenolic OH excluding ortho intramolecular Hbond substituents is 1. The maximum absolute atomic E-state index is 13.3. The van der Waals surface area contributed by atoms with E-state index in [1.165, 1.54) is 50.5 Å². The van der Waals surface area contributed by atoms with Crippen LogP contribution >= 0.6 is 0 Å². The highest BCUT2D eigenvalue weighted by molar-refractivity contribution is 5.76. The fourth-order valence-corrected chi connectivity index (χ4v) is 7.24. The lowest BCUT2D eigenvalue weighted by molar-refractivity contribution is -0.151. The topological polar surface area (TPSA) is 71.5 Å². The average molecular weight is 579 g/mol. The molecule has 7 heteroatoms. The summed E-state index contributed by atoms with van der Waals surface area (Å²) >= 11 is 0. The standard InChI is InChI=1S/C35H50N2O5/c1-26(28-10-7-8-11-28)37(23-34(40-2)41-3)33(39)19-21-42-20-18-27-16-17-32(38)31(22-27)35(29-12-5-4-6-13-29)24-36(25-35)30-14-9-15-30/h4-6,12-13,16-17,22,26,28,30,34,38H,7-11,14-15,18-21,23-25H2,1-3H3. The summed E-state index contributed by atoms with van der Waals surface area (Å²) in [6.07, 6.45) is 9.35. The van der Waals surface area contributed by atoms with Crippen molar-refractivity contribution in [3.63, 3.8) is 0 Å². The number of hydrogen-bond donors (Lipinski definition) is 1. The van der Waals surface area contributed by atoms with Gasteiger partial charge >= 0.3 is 0 Å². The summed E-state index contributed by atoms with van der Waals surface area (Å²) < 4.78 is 16.8. The Hall–Kier alpha value is -2.45. The number of carbonyl (C=O) groups is 1. The zero-order valence-electron chi connectivity index (χ0n) is 25.8. The molecule has 1 aliphatic heterocycles. The molecule has 7 nitrogen and oxygen atoms in total. The third kappa shape index (κ3) is 6.85. The molecule has 1 atom stereocenters. The van der Waals surface area contributed by atoms with E-state index in [2.05, 4.69) is 48.2 Å². The molecule has 1 amide bonds. The summed E-state index contributed by atoms with van der Waals surface area (Å²) in [5, 5.41) is 11.0. The fourth-order valence-electron chi connectivity index (χ4n) is 7.24. The van der Waals surface area contributed by atoms with Crippen molar-refractivity contribution in [3.05, 3.63) is 65.2 Å². The second-order valence-corrected chi connectivity index (χ2v) is 12.6. The molecule has 5 rings (SSSR count). The van der Waals surface area contributed by atoms with Gasteiger partial charge in [-0.1, -0.05) is 61.7 Å². The molecule has 0 radical (unpaired) electrons. The Morgan fingerprint density at radius 2 is 1.71 bits per heavy atom. The van der Waals surface area contributed by atoms with Crippen molar-refractivity contribution in [1.82, 2.24) is 9.80 Å². The van der Waals surface area contributed by atoms with Crippen LogP contribution in [0.2, 0.25) is 0 Å². The van der Waals surface area contributed by atoms with E-state index in [-0.39, 0.29) is 17.4 Å². The Balaban J connectivity index is 1.17. The minimum absolute atomic E-state index is 0.0891. The maximum Gasteiger partial charge on any atom is 0.225 e. The van der Waals surface area contributed by atoms with Gasteiger partial charge in [-0.2, -0.15) is 0 Å². The van der Waals surface area contributed by atoms with Crippen molar-refractivity contribution in [2.45, 2.75) is 88.5 Å². The Labute approximate surface area is 252 Å². The Morgan fingerprint density at radius 3 is 2.36 bits per heavy atom. The molecule has 0 aromatic heterocycles. The molecular weight excluding hydrogens is 528 g/mol. The molecule has 0 bridgehead atoms. The van der Waals surface area contributed by atoms with E-state index in [4.69, 9.17) is 14.2 Å². The molecule has 1 unspecified atom stereocenters. The average Bonchev–Trinajstić information content (AvgIpc) is 3.50. The molecule has 2 saturated carbocycles. The zero-order valence-corrected chi connectivity index (χ0v) is 25.8. The fraction of sp³-hybridized carbons (Fsp3) is 0.629. The van der Waals surface area contributed by atoms with Crippen molar-refractivity contribution >= 4 is 5.91 Å². The van der Waals surface area contributed by atoms with Gasteiger partial charge in [0.25, 0.3) is 0 Å². The van der Waals surface area contributed by atoms with E-state index < -0.39 is 6.29 Å². The Bertz CT molecular complexity index is 1140. The Morgan fingerprint density at radius 1 is 1.00 bits per heavy atom. The van der Waals surface area contributed by atoms with Gasteiger partial charge < -0.3 is 24.2 Å². The number of nitrogens with zero attached hydrogens (tertiary/aromatic N) is 2. The van der Waals surface area contributed by atoms with Crippen molar-refractivity contribution < 1.29 is 24.1 Å². The van der Waals surface area contributed by atoms with Crippen molar-refractivity contribution in [2.24, 2.45) is 5.92 Å². The van der Waals surface area contributed by atoms with Crippen molar-refractivity contribution in [1.29, 1.82) is 0 Å². The molecule has 3 fully saturated rings. The van der Waals surface area contributed by atoms with Gasteiger partial charge in [0.05, 0.1) is 26.2 Å². The molecule has 42 heavy (non-hydrogen) atoms. The molecule has 2 aromatic rings. The number of carbonyl (C=O) groups excluding carboxylic acids is 1. The molecule has 0 spiro atoms. The highest BCUT2D eigenvalue weighted by Crippen LogP contribution is 2.47. The monoisotopic (exact) mass is 578 g/mol. The number of ether oxygens (including phenoxy) is 3. The SMILES string of the molecule is COC(CN(C(=O)CCOCCc1ccc(O)c(C2(c3ccccc3)CN(C3CCC3)C2)c1)C(C)C1CCCC1)OC. The third-order valence-electron chi connectivity index (χ3n) is 10.2. The van der Waals surface area contributed by atoms with Crippen LogP contribution in [0.1, 0.15) is 75.0 Å². The van der Waals surface area contributed by atoms with Gasteiger partial charge in [-0.3, -0.25) is 9.69 Å². The minimum Gasteiger partial charge on any atom is -0.508 e. The van der Waals surface area contributed by atoms with E-state index in [1.54, 1.807) is 14.2 Å². The lowest BCUT2D eigenvalue weighted by Gasteiger charge is -2.56.